The van der Waals surface area contributed by atoms with Gasteiger partial charge in [0.2, 0.25) is 11.8 Å². The van der Waals surface area contributed by atoms with Crippen LogP contribution in [0, 0.1) is 17.8 Å². The number of hydrogen-bond acceptors (Lipinski definition) is 6. The molecule has 2 aromatic carbocycles. The number of anilines is 1. The lowest BCUT2D eigenvalue weighted by Crippen LogP contribution is -2.60. The van der Waals surface area contributed by atoms with E-state index < -0.39 is 35.1 Å². The van der Waals surface area contributed by atoms with Gasteiger partial charge >= 0.3 is 0 Å². The van der Waals surface area contributed by atoms with E-state index in [4.69, 9.17) is 9.47 Å². The van der Waals surface area contributed by atoms with E-state index in [0.29, 0.717) is 37.4 Å². The van der Waals surface area contributed by atoms with Crippen molar-refractivity contribution >= 4 is 23.4 Å². The Labute approximate surface area is 266 Å². The van der Waals surface area contributed by atoms with Crippen LogP contribution in [0.5, 0.6) is 5.75 Å². The monoisotopic (exact) mass is 615 g/mol. The third kappa shape index (κ3) is 5.46. The molecule has 1 spiro atoms. The maximum absolute atomic E-state index is 14.9. The maximum atomic E-state index is 14.9. The fraction of sp³-hybridized carbons (Fsp3) is 0.472. The maximum Gasteiger partial charge on any atom is 0.253 e. The molecule has 3 amide bonds. The molecule has 0 saturated carbocycles. The Morgan fingerprint density at radius 3 is 2.31 bits per heavy atom. The molecular weight excluding hydrogens is 570 g/mol. The van der Waals surface area contributed by atoms with Crippen molar-refractivity contribution < 1.29 is 29.0 Å². The number of likely N-dealkylation sites (tertiary alicyclic amines) is 1. The summed E-state index contributed by atoms with van der Waals surface area (Å²) >= 11 is 0. The number of benzene rings is 2. The van der Waals surface area contributed by atoms with Crippen molar-refractivity contribution in [1.29, 1.82) is 0 Å². The molecule has 1 N–H and O–H groups in total. The van der Waals surface area contributed by atoms with Crippen LogP contribution in [0.4, 0.5) is 5.69 Å². The molecule has 9 nitrogen and oxygen atoms in total. The highest BCUT2D eigenvalue weighted by Gasteiger charge is 2.79. The summed E-state index contributed by atoms with van der Waals surface area (Å²) in [5.41, 5.74) is -0.591. The normalized spacial score (nSPS) is 27.3. The first kappa shape index (κ1) is 32.4. The zero-order valence-electron chi connectivity index (χ0n) is 26.7. The predicted molar refractivity (Wildman–Crippen MR) is 172 cm³/mol. The van der Waals surface area contributed by atoms with Crippen LogP contribution in [-0.4, -0.2) is 82.7 Å². The molecule has 3 aliphatic heterocycles. The molecule has 0 radical (unpaired) electrons. The van der Waals surface area contributed by atoms with Gasteiger partial charge in [0, 0.05) is 25.3 Å². The SMILES string of the molecule is C=CCN(Cc1ccccc1)C(=O)[C@@H]1[C@H]2C(=O)N([C@@H](CO)C(C)C)C(C(=O)N(CC=C)c3ccc(OC)cc3)C23CC[C@@]1(C)O3. The first-order chi connectivity index (χ1) is 21.6. The van der Waals surface area contributed by atoms with Crippen LogP contribution >= 0.6 is 0 Å². The summed E-state index contributed by atoms with van der Waals surface area (Å²) in [7, 11) is 1.58. The highest BCUT2D eigenvalue weighted by atomic mass is 16.5. The van der Waals surface area contributed by atoms with Gasteiger partial charge in [0.1, 0.15) is 17.4 Å². The number of hydrogen-bond donors (Lipinski definition) is 1. The van der Waals surface area contributed by atoms with Crippen LogP contribution in [0.15, 0.2) is 79.9 Å². The van der Waals surface area contributed by atoms with E-state index in [9.17, 15) is 19.5 Å². The minimum Gasteiger partial charge on any atom is -0.497 e. The number of aliphatic hydroxyl groups excluding tert-OH is 1. The second-order valence-electron chi connectivity index (χ2n) is 12.9. The van der Waals surface area contributed by atoms with Gasteiger partial charge in [0.25, 0.3) is 5.91 Å². The standard InChI is InChI=1S/C36H45N3O6/c1-7-20-37(22-25-12-10-9-11-13-25)32(41)29-30-33(42)39(28(23-40)24(3)4)31(36(30)19-18-35(29,5)45-36)34(43)38(21-8-2)26-14-16-27(44-6)17-15-26/h7-17,24,28-31,40H,1-2,18-23H2,3-6H3/t28-,29-,30-,31?,35+,36?/m0/s1. The molecule has 9 heteroatoms. The molecule has 2 unspecified atom stereocenters. The van der Waals surface area contributed by atoms with Crippen molar-refractivity contribution in [3.63, 3.8) is 0 Å². The molecule has 6 atom stereocenters. The van der Waals surface area contributed by atoms with Crippen LogP contribution < -0.4 is 9.64 Å². The highest BCUT2D eigenvalue weighted by molar-refractivity contribution is 6.05. The van der Waals surface area contributed by atoms with E-state index >= 15 is 0 Å². The molecule has 3 aliphatic rings. The zero-order chi connectivity index (χ0) is 32.5. The summed E-state index contributed by atoms with van der Waals surface area (Å²) in [5.74, 6) is -2.05. The summed E-state index contributed by atoms with van der Waals surface area (Å²) in [4.78, 5) is 49.0. The Morgan fingerprint density at radius 2 is 1.73 bits per heavy atom. The Hall–Kier alpha value is -3.95. The molecule has 2 aromatic rings. The van der Waals surface area contributed by atoms with Crippen molar-refractivity contribution in [3.05, 3.63) is 85.5 Å². The van der Waals surface area contributed by atoms with Gasteiger partial charge in [-0.15, -0.1) is 13.2 Å². The van der Waals surface area contributed by atoms with E-state index in [1.165, 1.54) is 4.90 Å². The van der Waals surface area contributed by atoms with E-state index in [1.54, 1.807) is 53.3 Å². The number of nitrogens with zero attached hydrogens (tertiary/aromatic N) is 3. The van der Waals surface area contributed by atoms with Gasteiger partial charge in [-0.25, -0.2) is 0 Å². The van der Waals surface area contributed by atoms with Gasteiger partial charge in [-0.3, -0.25) is 14.4 Å². The largest absolute Gasteiger partial charge is 0.497 e. The van der Waals surface area contributed by atoms with Crippen molar-refractivity contribution in [2.75, 3.05) is 31.7 Å². The number of aliphatic hydroxyl groups is 1. The lowest BCUT2D eigenvalue weighted by atomic mass is 9.66. The number of rotatable bonds is 13. The van der Waals surface area contributed by atoms with Crippen LogP contribution in [0.1, 0.15) is 39.2 Å². The van der Waals surface area contributed by atoms with E-state index in [1.807, 2.05) is 51.1 Å². The Bertz CT molecular complexity index is 1430. The molecule has 45 heavy (non-hydrogen) atoms. The number of carbonyl (C=O) groups is 3. The Kier molecular flexibility index (Phi) is 9.23. The fourth-order valence-electron chi connectivity index (χ4n) is 7.75. The van der Waals surface area contributed by atoms with E-state index in [0.717, 1.165) is 5.56 Å². The summed E-state index contributed by atoms with van der Waals surface area (Å²) in [5, 5.41) is 10.6. The first-order valence-corrected chi connectivity index (χ1v) is 15.7. The molecule has 2 bridgehead atoms. The number of fused-ring (bicyclic) bond motifs is 1. The summed E-state index contributed by atoms with van der Waals surface area (Å²) < 4.78 is 12.2. The number of carbonyl (C=O) groups excluding carboxylic acids is 3. The lowest BCUT2D eigenvalue weighted by molar-refractivity contribution is -0.153. The van der Waals surface area contributed by atoms with Crippen molar-refractivity contribution in [2.45, 2.75) is 63.4 Å². The average molecular weight is 616 g/mol. The van der Waals surface area contributed by atoms with Crippen molar-refractivity contribution in [2.24, 2.45) is 17.8 Å². The topological polar surface area (TPSA) is 99.6 Å². The number of ether oxygens (including phenoxy) is 2. The number of amides is 3. The molecule has 3 heterocycles. The van der Waals surface area contributed by atoms with E-state index in [2.05, 4.69) is 13.2 Å². The third-order valence-electron chi connectivity index (χ3n) is 9.87. The van der Waals surface area contributed by atoms with Crippen LogP contribution in [0.2, 0.25) is 0 Å². The summed E-state index contributed by atoms with van der Waals surface area (Å²) in [6.45, 7) is 14.0. The van der Waals surface area contributed by atoms with Gasteiger partial charge < -0.3 is 29.3 Å². The van der Waals surface area contributed by atoms with Gasteiger partial charge in [-0.2, -0.15) is 0 Å². The third-order valence-corrected chi connectivity index (χ3v) is 9.87. The van der Waals surface area contributed by atoms with Crippen molar-refractivity contribution in [3.8, 4) is 5.75 Å². The molecule has 0 aromatic heterocycles. The lowest BCUT2D eigenvalue weighted by Gasteiger charge is -2.40. The predicted octanol–water partition coefficient (Wildman–Crippen LogP) is 4.21. The minimum absolute atomic E-state index is 0.157. The summed E-state index contributed by atoms with van der Waals surface area (Å²) in [6, 6.07) is 15.1. The molecule has 240 valence electrons. The minimum atomic E-state index is -1.23. The van der Waals surface area contributed by atoms with Gasteiger partial charge in [-0.05, 0) is 55.5 Å². The van der Waals surface area contributed by atoms with Crippen LogP contribution in [-0.2, 0) is 25.7 Å². The van der Waals surface area contributed by atoms with Crippen LogP contribution in [0.3, 0.4) is 0 Å². The van der Waals surface area contributed by atoms with Crippen LogP contribution in [0.25, 0.3) is 0 Å². The molecule has 3 saturated heterocycles. The van der Waals surface area contributed by atoms with Gasteiger partial charge in [-0.1, -0.05) is 56.3 Å². The molecule has 0 aliphatic carbocycles. The highest BCUT2D eigenvalue weighted by Crippen LogP contribution is 2.64. The second-order valence-corrected chi connectivity index (χ2v) is 12.9. The fourth-order valence-corrected chi connectivity index (χ4v) is 7.75. The second kappa shape index (κ2) is 12.8. The number of methoxy groups -OCH3 is 1. The van der Waals surface area contributed by atoms with Gasteiger partial charge in [0.15, 0.2) is 0 Å². The van der Waals surface area contributed by atoms with E-state index in [-0.39, 0.29) is 36.8 Å². The molecule has 5 rings (SSSR count). The Balaban J connectivity index is 1.60. The average Bonchev–Trinajstić information content (AvgIpc) is 3.60. The van der Waals surface area contributed by atoms with Crippen molar-refractivity contribution in [1.82, 2.24) is 9.80 Å². The zero-order valence-corrected chi connectivity index (χ0v) is 26.7. The molecule has 3 fully saturated rings. The first-order valence-electron chi connectivity index (χ1n) is 15.7. The summed E-state index contributed by atoms with van der Waals surface area (Å²) in [6.07, 6.45) is 4.29. The Morgan fingerprint density at radius 1 is 1.07 bits per heavy atom. The molecular formula is C36H45N3O6. The quantitative estimate of drug-likeness (QED) is 0.339. The smallest absolute Gasteiger partial charge is 0.253 e. The van der Waals surface area contributed by atoms with Gasteiger partial charge in [0.05, 0.1) is 37.2 Å².